The van der Waals surface area contributed by atoms with Gasteiger partial charge in [-0.15, -0.1) is 0 Å². The van der Waals surface area contributed by atoms with E-state index in [1.54, 1.807) is 0 Å². The molecular formula is C21H13F6O3S-. The Bertz CT molecular complexity index is 1090. The van der Waals surface area contributed by atoms with E-state index in [-0.39, 0.29) is 0 Å². The SMILES string of the molecule is O=S(=O)([O-])c1ccc(C(c2ccc(C(F)(F)F)cc2)c2ccc(C(F)(F)F)cc2)cc1. The van der Waals surface area contributed by atoms with E-state index in [1.165, 1.54) is 36.4 Å². The summed E-state index contributed by atoms with van der Waals surface area (Å²) >= 11 is 0. The highest BCUT2D eigenvalue weighted by Crippen LogP contribution is 2.37. The molecule has 0 aliphatic heterocycles. The number of rotatable bonds is 4. The van der Waals surface area contributed by atoms with Crippen LogP contribution in [0.4, 0.5) is 26.3 Å². The summed E-state index contributed by atoms with van der Waals surface area (Å²) < 4.78 is 111. The molecule has 0 aromatic heterocycles. The second-order valence-electron chi connectivity index (χ2n) is 6.70. The van der Waals surface area contributed by atoms with E-state index in [2.05, 4.69) is 0 Å². The van der Waals surface area contributed by atoms with Crippen LogP contribution in [-0.4, -0.2) is 13.0 Å². The monoisotopic (exact) mass is 459 g/mol. The maximum absolute atomic E-state index is 12.9. The summed E-state index contributed by atoms with van der Waals surface area (Å²) in [5.74, 6) is -0.798. The van der Waals surface area contributed by atoms with Gasteiger partial charge in [0.15, 0.2) is 0 Å². The van der Waals surface area contributed by atoms with E-state index in [9.17, 15) is 39.3 Å². The standard InChI is InChI=1S/C21H14F6O3S/c22-20(23,24)16-7-1-13(2-8-16)19(14-3-9-17(10-4-14)21(25,26)27)15-5-11-18(12-6-15)31(28,29)30/h1-12,19H,(H,28,29,30)/p-1. The predicted octanol–water partition coefficient (Wildman–Crippen LogP) is 5.81. The van der Waals surface area contributed by atoms with Gasteiger partial charge in [-0.2, -0.15) is 26.3 Å². The molecule has 0 N–H and O–H groups in total. The Morgan fingerprint density at radius 2 is 0.871 bits per heavy atom. The summed E-state index contributed by atoms with van der Waals surface area (Å²) in [4.78, 5) is -0.505. The van der Waals surface area contributed by atoms with Crippen LogP contribution in [0.25, 0.3) is 0 Å². The molecule has 0 amide bonds. The van der Waals surface area contributed by atoms with E-state index < -0.39 is 44.4 Å². The summed E-state index contributed by atoms with van der Waals surface area (Å²) in [6, 6.07) is 12.9. The van der Waals surface area contributed by atoms with Gasteiger partial charge in [0, 0.05) is 5.92 Å². The van der Waals surface area contributed by atoms with Crippen LogP contribution in [0.1, 0.15) is 33.7 Å². The zero-order chi connectivity index (χ0) is 23.0. The molecule has 0 saturated heterocycles. The van der Waals surface area contributed by atoms with Crippen molar-refractivity contribution in [2.24, 2.45) is 0 Å². The average Bonchev–Trinajstić information content (AvgIpc) is 2.67. The highest BCUT2D eigenvalue weighted by atomic mass is 32.2. The molecule has 0 atom stereocenters. The quantitative estimate of drug-likeness (QED) is 0.281. The molecule has 0 spiro atoms. The zero-order valence-electron chi connectivity index (χ0n) is 15.4. The second-order valence-corrected chi connectivity index (χ2v) is 8.08. The largest absolute Gasteiger partial charge is 0.744 e. The van der Waals surface area contributed by atoms with Gasteiger partial charge in [0.1, 0.15) is 10.1 Å². The Morgan fingerprint density at radius 3 is 1.13 bits per heavy atom. The van der Waals surface area contributed by atoms with Crippen molar-refractivity contribution in [2.75, 3.05) is 0 Å². The van der Waals surface area contributed by atoms with Gasteiger partial charge in [-0.05, 0) is 53.1 Å². The van der Waals surface area contributed by atoms with Gasteiger partial charge in [-0.1, -0.05) is 36.4 Å². The molecule has 31 heavy (non-hydrogen) atoms. The van der Waals surface area contributed by atoms with Crippen LogP contribution in [-0.2, 0) is 22.5 Å². The molecule has 0 heterocycles. The fourth-order valence-corrected chi connectivity index (χ4v) is 3.60. The number of hydrogen-bond acceptors (Lipinski definition) is 3. The Hall–Kier alpha value is -2.85. The summed E-state index contributed by atoms with van der Waals surface area (Å²) in [6.45, 7) is 0. The maximum atomic E-state index is 12.9. The summed E-state index contributed by atoms with van der Waals surface area (Å²) in [7, 11) is -4.72. The molecule has 3 aromatic carbocycles. The summed E-state index contributed by atoms with van der Waals surface area (Å²) in [5, 5.41) is 0. The van der Waals surface area contributed by atoms with Crippen molar-refractivity contribution in [2.45, 2.75) is 23.2 Å². The van der Waals surface area contributed by atoms with Crippen molar-refractivity contribution in [1.29, 1.82) is 0 Å². The van der Waals surface area contributed by atoms with Crippen LogP contribution >= 0.6 is 0 Å². The van der Waals surface area contributed by atoms with Gasteiger partial charge >= 0.3 is 12.4 Å². The molecule has 0 aliphatic carbocycles. The highest BCUT2D eigenvalue weighted by molar-refractivity contribution is 7.85. The molecule has 3 aromatic rings. The van der Waals surface area contributed by atoms with Gasteiger partial charge in [0.2, 0.25) is 0 Å². The Kier molecular flexibility index (Phi) is 5.90. The third-order valence-corrected chi connectivity index (χ3v) is 5.49. The number of halogens is 6. The third kappa shape index (κ3) is 5.26. The molecule has 0 unspecified atom stereocenters. The Balaban J connectivity index is 2.10. The van der Waals surface area contributed by atoms with Gasteiger partial charge in [-0.3, -0.25) is 0 Å². The first-order valence-electron chi connectivity index (χ1n) is 8.67. The van der Waals surface area contributed by atoms with Gasteiger partial charge < -0.3 is 4.55 Å². The first kappa shape index (κ1) is 22.8. The van der Waals surface area contributed by atoms with Crippen LogP contribution in [0.5, 0.6) is 0 Å². The molecule has 0 aliphatic rings. The van der Waals surface area contributed by atoms with Crippen LogP contribution in [0.2, 0.25) is 0 Å². The minimum Gasteiger partial charge on any atom is -0.744 e. The third-order valence-electron chi connectivity index (χ3n) is 4.64. The molecule has 0 radical (unpaired) electrons. The van der Waals surface area contributed by atoms with E-state index in [4.69, 9.17) is 0 Å². The minimum atomic E-state index is -4.72. The molecule has 0 fully saturated rings. The molecule has 10 heteroatoms. The normalized spacial score (nSPS) is 12.9. The lowest BCUT2D eigenvalue weighted by atomic mass is 9.84. The summed E-state index contributed by atoms with van der Waals surface area (Å²) in [5.41, 5.74) is -0.728. The predicted molar refractivity (Wildman–Crippen MR) is 98.2 cm³/mol. The number of alkyl halides is 6. The van der Waals surface area contributed by atoms with Crippen LogP contribution < -0.4 is 0 Å². The minimum absolute atomic E-state index is 0.338. The molecule has 3 nitrogen and oxygen atoms in total. The van der Waals surface area contributed by atoms with E-state index in [0.717, 1.165) is 36.4 Å². The lowest BCUT2D eigenvalue weighted by Crippen LogP contribution is -2.09. The lowest BCUT2D eigenvalue weighted by molar-refractivity contribution is -0.138. The van der Waals surface area contributed by atoms with Gasteiger partial charge in [0.05, 0.1) is 16.0 Å². The average molecular weight is 459 g/mol. The van der Waals surface area contributed by atoms with E-state index in [1.807, 2.05) is 0 Å². The van der Waals surface area contributed by atoms with Crippen LogP contribution in [0, 0.1) is 0 Å². The highest BCUT2D eigenvalue weighted by Gasteiger charge is 2.32. The fourth-order valence-electron chi connectivity index (χ4n) is 3.13. The molecular weight excluding hydrogens is 446 g/mol. The number of benzene rings is 3. The fraction of sp³-hybridized carbons (Fsp3) is 0.143. The van der Waals surface area contributed by atoms with Gasteiger partial charge in [-0.25, -0.2) is 8.42 Å². The van der Waals surface area contributed by atoms with Crippen molar-refractivity contribution in [3.8, 4) is 0 Å². The zero-order valence-corrected chi connectivity index (χ0v) is 16.2. The van der Waals surface area contributed by atoms with Crippen molar-refractivity contribution in [3.63, 3.8) is 0 Å². The lowest BCUT2D eigenvalue weighted by Gasteiger charge is -2.21. The summed E-state index contributed by atoms with van der Waals surface area (Å²) in [6.07, 6.45) is -9.13. The number of hydrogen-bond donors (Lipinski definition) is 0. The first-order valence-corrected chi connectivity index (χ1v) is 10.1. The van der Waals surface area contributed by atoms with Crippen LogP contribution in [0.15, 0.2) is 77.7 Å². The van der Waals surface area contributed by atoms with E-state index >= 15 is 0 Å². The first-order chi connectivity index (χ1) is 14.3. The maximum Gasteiger partial charge on any atom is 0.416 e. The van der Waals surface area contributed by atoms with Crippen molar-refractivity contribution >= 4 is 10.1 Å². The van der Waals surface area contributed by atoms with Crippen molar-refractivity contribution in [3.05, 3.63) is 101 Å². The Morgan fingerprint density at radius 1 is 0.581 bits per heavy atom. The Labute approximate surface area is 173 Å². The van der Waals surface area contributed by atoms with E-state index in [0.29, 0.717) is 16.7 Å². The van der Waals surface area contributed by atoms with Crippen molar-refractivity contribution < 1.29 is 39.3 Å². The molecule has 0 bridgehead atoms. The topological polar surface area (TPSA) is 57.2 Å². The smallest absolute Gasteiger partial charge is 0.416 e. The molecule has 3 rings (SSSR count). The second kappa shape index (κ2) is 8.01. The van der Waals surface area contributed by atoms with Crippen molar-refractivity contribution in [1.82, 2.24) is 0 Å². The van der Waals surface area contributed by atoms with Gasteiger partial charge in [0.25, 0.3) is 0 Å². The molecule has 164 valence electrons. The van der Waals surface area contributed by atoms with Crippen LogP contribution in [0.3, 0.4) is 0 Å². The molecule has 0 saturated carbocycles.